The van der Waals surface area contributed by atoms with Gasteiger partial charge in [-0.25, -0.2) is 14.8 Å². The van der Waals surface area contributed by atoms with Gasteiger partial charge in [0.15, 0.2) is 0 Å². The largest absolute Gasteiger partial charge is 0.396 e. The van der Waals surface area contributed by atoms with Crippen molar-refractivity contribution in [2.24, 2.45) is 5.92 Å². The Morgan fingerprint density at radius 1 is 1.37 bits per heavy atom. The van der Waals surface area contributed by atoms with E-state index in [1.807, 2.05) is 19.2 Å². The van der Waals surface area contributed by atoms with Crippen LogP contribution in [0.2, 0.25) is 10.0 Å². The molecule has 0 radical (unpaired) electrons. The normalized spacial score (nSPS) is 14.6. The van der Waals surface area contributed by atoms with E-state index in [-0.39, 0.29) is 18.6 Å². The van der Waals surface area contributed by atoms with E-state index in [1.165, 1.54) is 0 Å². The van der Waals surface area contributed by atoms with Crippen LogP contribution < -0.4 is 5.32 Å². The molecule has 1 aromatic carbocycles. The van der Waals surface area contributed by atoms with Crippen LogP contribution in [0.3, 0.4) is 0 Å². The fourth-order valence-corrected chi connectivity index (χ4v) is 3.25. The molecule has 6 nitrogen and oxygen atoms in total. The lowest BCUT2D eigenvalue weighted by molar-refractivity contribution is 0.190. The topological polar surface area (TPSA) is 78.4 Å². The Labute approximate surface area is 168 Å². The van der Waals surface area contributed by atoms with Crippen LogP contribution in [0.25, 0.3) is 0 Å². The highest BCUT2D eigenvalue weighted by molar-refractivity contribution is 6.42. The molecule has 2 heterocycles. The first-order valence-corrected chi connectivity index (χ1v) is 9.63. The second kappa shape index (κ2) is 8.87. The van der Waals surface area contributed by atoms with Gasteiger partial charge in [0.25, 0.3) is 0 Å². The summed E-state index contributed by atoms with van der Waals surface area (Å²) in [5, 5.41) is 13.1. The van der Waals surface area contributed by atoms with Crippen LogP contribution in [-0.4, -0.2) is 39.2 Å². The average molecular weight is 409 g/mol. The molecule has 1 aliphatic rings. The standard InChI is InChI=1S/C19H22Cl2N4O2/c1-12(11-26)6-18-22-9-14-4-5-25(10-17(14)24-18)19(27)23-8-13-2-3-15(20)16(21)7-13/h2-3,7,9,12,26H,4-6,8,10-11H2,1H3,(H,23,27)/t12-/m1/s1. The third-order valence-corrected chi connectivity index (χ3v) is 5.29. The number of hydrogen-bond acceptors (Lipinski definition) is 4. The molecule has 0 saturated carbocycles. The minimum Gasteiger partial charge on any atom is -0.396 e. The Morgan fingerprint density at radius 3 is 2.93 bits per heavy atom. The van der Waals surface area contributed by atoms with Crippen molar-refractivity contribution in [1.82, 2.24) is 20.2 Å². The molecule has 1 atom stereocenters. The predicted octanol–water partition coefficient (Wildman–Crippen LogP) is 3.22. The monoisotopic (exact) mass is 408 g/mol. The molecule has 2 N–H and O–H groups in total. The van der Waals surface area contributed by atoms with Crippen molar-refractivity contribution >= 4 is 29.2 Å². The third-order valence-electron chi connectivity index (χ3n) is 4.55. The zero-order valence-electron chi connectivity index (χ0n) is 15.1. The van der Waals surface area contributed by atoms with Gasteiger partial charge in [0.05, 0.1) is 22.3 Å². The smallest absolute Gasteiger partial charge is 0.318 e. The maximum Gasteiger partial charge on any atom is 0.318 e. The molecule has 0 spiro atoms. The number of aliphatic hydroxyl groups excluding tert-OH is 1. The van der Waals surface area contributed by atoms with E-state index in [9.17, 15) is 9.90 Å². The van der Waals surface area contributed by atoms with E-state index >= 15 is 0 Å². The highest BCUT2D eigenvalue weighted by Crippen LogP contribution is 2.22. The van der Waals surface area contributed by atoms with Crippen LogP contribution in [0.4, 0.5) is 4.79 Å². The Hall–Kier alpha value is -1.89. The summed E-state index contributed by atoms with van der Waals surface area (Å²) in [6.45, 7) is 3.50. The number of amides is 2. The van der Waals surface area contributed by atoms with Crippen molar-refractivity contribution in [3.05, 3.63) is 57.1 Å². The van der Waals surface area contributed by atoms with Gasteiger partial charge in [0.2, 0.25) is 0 Å². The average Bonchev–Trinajstić information content (AvgIpc) is 2.68. The van der Waals surface area contributed by atoms with Crippen molar-refractivity contribution in [3.8, 4) is 0 Å². The predicted molar refractivity (Wildman–Crippen MR) is 105 cm³/mol. The molecule has 0 bridgehead atoms. The van der Waals surface area contributed by atoms with Crippen LogP contribution in [-0.2, 0) is 25.9 Å². The summed E-state index contributed by atoms with van der Waals surface area (Å²) < 4.78 is 0. The Kier molecular flexibility index (Phi) is 6.52. The van der Waals surface area contributed by atoms with E-state index in [2.05, 4.69) is 15.3 Å². The molecule has 2 aromatic rings. The first kappa shape index (κ1) is 19.9. The maximum absolute atomic E-state index is 12.5. The summed E-state index contributed by atoms with van der Waals surface area (Å²) in [6, 6.07) is 5.16. The summed E-state index contributed by atoms with van der Waals surface area (Å²) in [7, 11) is 0. The Bertz CT molecular complexity index is 831. The fourth-order valence-electron chi connectivity index (χ4n) is 2.93. The molecule has 27 heavy (non-hydrogen) atoms. The summed E-state index contributed by atoms with van der Waals surface area (Å²) >= 11 is 11.9. The number of carbonyl (C=O) groups excluding carboxylic acids is 1. The van der Waals surface area contributed by atoms with Crippen LogP contribution >= 0.6 is 23.2 Å². The number of carbonyl (C=O) groups is 1. The fraction of sp³-hybridized carbons (Fsp3) is 0.421. The summed E-state index contributed by atoms with van der Waals surface area (Å²) in [6.07, 6.45) is 3.19. The molecular formula is C19H22Cl2N4O2. The van der Waals surface area contributed by atoms with Crippen molar-refractivity contribution in [2.75, 3.05) is 13.2 Å². The number of hydrogen-bond donors (Lipinski definition) is 2. The van der Waals surface area contributed by atoms with Crippen molar-refractivity contribution in [2.45, 2.75) is 32.9 Å². The maximum atomic E-state index is 12.5. The molecule has 1 aromatic heterocycles. The first-order valence-electron chi connectivity index (χ1n) is 8.87. The number of nitrogens with one attached hydrogen (secondary N) is 1. The molecule has 0 saturated heterocycles. The minimum absolute atomic E-state index is 0.101. The number of rotatable bonds is 5. The van der Waals surface area contributed by atoms with E-state index in [1.54, 1.807) is 17.0 Å². The van der Waals surface area contributed by atoms with Crippen molar-refractivity contribution < 1.29 is 9.90 Å². The second-order valence-corrected chi connectivity index (χ2v) is 7.64. The number of nitrogens with zero attached hydrogens (tertiary/aromatic N) is 3. The summed E-state index contributed by atoms with van der Waals surface area (Å²) in [4.78, 5) is 23.2. The van der Waals surface area contributed by atoms with E-state index in [4.69, 9.17) is 23.2 Å². The lowest BCUT2D eigenvalue weighted by Gasteiger charge is -2.28. The number of benzene rings is 1. The molecular weight excluding hydrogens is 387 g/mol. The summed E-state index contributed by atoms with van der Waals surface area (Å²) in [5.74, 6) is 0.811. The Balaban J connectivity index is 1.61. The summed E-state index contributed by atoms with van der Waals surface area (Å²) in [5.41, 5.74) is 2.84. The van der Waals surface area contributed by atoms with E-state index < -0.39 is 0 Å². The van der Waals surface area contributed by atoms with Gasteiger partial charge in [-0.1, -0.05) is 36.2 Å². The molecule has 0 fully saturated rings. The Morgan fingerprint density at radius 2 is 2.19 bits per heavy atom. The molecule has 2 amide bonds. The quantitative estimate of drug-likeness (QED) is 0.795. The lowest BCUT2D eigenvalue weighted by Crippen LogP contribution is -2.42. The highest BCUT2D eigenvalue weighted by atomic mass is 35.5. The molecule has 0 unspecified atom stereocenters. The molecule has 3 rings (SSSR count). The van der Waals surface area contributed by atoms with Gasteiger partial charge in [-0.3, -0.25) is 0 Å². The van der Waals surface area contributed by atoms with Crippen LogP contribution in [0, 0.1) is 5.92 Å². The molecule has 0 aliphatic carbocycles. The number of halogens is 2. The molecule has 144 valence electrons. The van der Waals surface area contributed by atoms with Crippen LogP contribution in [0.15, 0.2) is 24.4 Å². The van der Waals surface area contributed by atoms with Gasteiger partial charge in [0.1, 0.15) is 5.82 Å². The number of aliphatic hydroxyl groups is 1. The van der Waals surface area contributed by atoms with Crippen LogP contribution in [0.5, 0.6) is 0 Å². The number of urea groups is 1. The SMILES string of the molecule is C[C@@H](CO)Cc1ncc2c(n1)CN(C(=O)NCc1ccc(Cl)c(Cl)c1)CC2. The van der Waals surface area contributed by atoms with Gasteiger partial charge in [-0.2, -0.15) is 0 Å². The highest BCUT2D eigenvalue weighted by Gasteiger charge is 2.22. The van der Waals surface area contributed by atoms with Gasteiger partial charge in [-0.15, -0.1) is 0 Å². The molecule has 8 heteroatoms. The second-order valence-electron chi connectivity index (χ2n) is 6.83. The van der Waals surface area contributed by atoms with Crippen molar-refractivity contribution in [1.29, 1.82) is 0 Å². The zero-order chi connectivity index (χ0) is 19.4. The zero-order valence-corrected chi connectivity index (χ0v) is 16.6. The van der Waals surface area contributed by atoms with E-state index in [0.717, 1.165) is 23.2 Å². The first-order chi connectivity index (χ1) is 13.0. The number of fused-ring (bicyclic) bond motifs is 1. The number of aromatic nitrogens is 2. The minimum atomic E-state index is -0.143. The molecule has 1 aliphatic heterocycles. The van der Waals surface area contributed by atoms with Gasteiger partial charge in [-0.05, 0) is 35.6 Å². The van der Waals surface area contributed by atoms with Crippen molar-refractivity contribution in [3.63, 3.8) is 0 Å². The van der Waals surface area contributed by atoms with Gasteiger partial charge < -0.3 is 15.3 Å². The lowest BCUT2D eigenvalue weighted by atomic mass is 10.1. The van der Waals surface area contributed by atoms with Crippen LogP contribution in [0.1, 0.15) is 29.6 Å². The third kappa shape index (κ3) is 5.09. The van der Waals surface area contributed by atoms with E-state index in [0.29, 0.717) is 41.9 Å². The van der Waals surface area contributed by atoms with Gasteiger partial charge >= 0.3 is 6.03 Å². The van der Waals surface area contributed by atoms with Gasteiger partial charge in [0, 0.05) is 32.3 Å².